The molecule has 0 unspecified atom stereocenters. The highest BCUT2D eigenvalue weighted by molar-refractivity contribution is 6.41. The number of benzene rings is 2. The van der Waals surface area contributed by atoms with Crippen molar-refractivity contribution in [2.45, 2.75) is 6.92 Å². The van der Waals surface area contributed by atoms with Crippen molar-refractivity contribution >= 4 is 46.7 Å². The summed E-state index contributed by atoms with van der Waals surface area (Å²) in [6.07, 6.45) is 1.45. The average molecular weight is 360 g/mol. The van der Waals surface area contributed by atoms with E-state index in [1.807, 2.05) is 6.92 Å². The topological polar surface area (TPSA) is 53.8 Å². The quantitative estimate of drug-likeness (QED) is 0.570. The third-order valence-electron chi connectivity index (χ3n) is 2.70. The normalized spacial score (nSPS) is 10.9. The van der Waals surface area contributed by atoms with E-state index in [4.69, 9.17) is 39.5 Å². The molecule has 0 spiro atoms. The van der Waals surface area contributed by atoms with Crippen LogP contribution < -0.4 is 10.2 Å². The van der Waals surface area contributed by atoms with Crippen molar-refractivity contribution in [3.05, 3.63) is 51.0 Å². The van der Waals surface area contributed by atoms with Gasteiger partial charge in [-0.2, -0.15) is 5.10 Å². The summed E-state index contributed by atoms with van der Waals surface area (Å²) in [5, 5.41) is 15.0. The first-order valence-electron chi connectivity index (χ1n) is 6.40. The molecule has 0 heterocycles. The van der Waals surface area contributed by atoms with E-state index in [0.717, 1.165) is 0 Å². The highest BCUT2D eigenvalue weighted by atomic mass is 35.5. The van der Waals surface area contributed by atoms with Gasteiger partial charge in [-0.05, 0) is 31.2 Å². The van der Waals surface area contributed by atoms with Gasteiger partial charge < -0.3 is 9.84 Å². The summed E-state index contributed by atoms with van der Waals surface area (Å²) in [5.41, 5.74) is 3.69. The third-order valence-corrected chi connectivity index (χ3v) is 3.51. The standard InChI is InChI=1S/C15H13Cl3N2O2/c1-2-22-11-4-3-9(14(21)7-11)8-19-20-15-12(17)5-10(16)6-13(15)18/h3-8,20-21H,2H2,1H3. The fourth-order valence-corrected chi connectivity index (χ4v) is 2.61. The van der Waals surface area contributed by atoms with Gasteiger partial charge in [0.2, 0.25) is 0 Å². The number of nitrogens with one attached hydrogen (secondary N) is 1. The predicted molar refractivity (Wildman–Crippen MR) is 92.0 cm³/mol. The molecule has 0 aliphatic carbocycles. The van der Waals surface area contributed by atoms with Gasteiger partial charge in [0.15, 0.2) is 0 Å². The Morgan fingerprint density at radius 2 is 1.86 bits per heavy atom. The number of hydrazone groups is 1. The lowest BCUT2D eigenvalue weighted by molar-refractivity contribution is 0.337. The number of phenols is 1. The molecule has 2 aromatic carbocycles. The first kappa shape index (κ1) is 16.7. The lowest BCUT2D eigenvalue weighted by Crippen LogP contribution is -1.94. The molecule has 0 amide bonds. The van der Waals surface area contributed by atoms with E-state index in [1.165, 1.54) is 12.3 Å². The van der Waals surface area contributed by atoms with E-state index < -0.39 is 0 Å². The summed E-state index contributed by atoms with van der Waals surface area (Å²) >= 11 is 17.9. The number of ether oxygens (including phenoxy) is 1. The average Bonchev–Trinajstić information content (AvgIpc) is 2.44. The van der Waals surface area contributed by atoms with Gasteiger partial charge in [-0.25, -0.2) is 0 Å². The van der Waals surface area contributed by atoms with Crippen LogP contribution in [0.1, 0.15) is 12.5 Å². The molecule has 0 atom stereocenters. The van der Waals surface area contributed by atoms with Gasteiger partial charge in [0.05, 0.1) is 28.6 Å². The Morgan fingerprint density at radius 1 is 1.18 bits per heavy atom. The van der Waals surface area contributed by atoms with E-state index in [0.29, 0.717) is 38.7 Å². The molecule has 4 nitrogen and oxygen atoms in total. The molecule has 2 N–H and O–H groups in total. The van der Waals surface area contributed by atoms with Crippen molar-refractivity contribution in [1.82, 2.24) is 0 Å². The molecule has 116 valence electrons. The largest absolute Gasteiger partial charge is 0.507 e. The first-order valence-corrected chi connectivity index (χ1v) is 7.54. The molecule has 0 bridgehead atoms. The summed E-state index contributed by atoms with van der Waals surface area (Å²) in [7, 11) is 0. The SMILES string of the molecule is CCOc1ccc(C=NNc2c(Cl)cc(Cl)cc2Cl)c(O)c1. The van der Waals surface area contributed by atoms with Crippen LogP contribution in [0.5, 0.6) is 11.5 Å². The molecule has 2 rings (SSSR count). The van der Waals surface area contributed by atoms with E-state index >= 15 is 0 Å². The molecule has 0 fully saturated rings. The van der Waals surface area contributed by atoms with E-state index in [-0.39, 0.29) is 5.75 Å². The second-order valence-electron chi connectivity index (χ2n) is 4.27. The van der Waals surface area contributed by atoms with Gasteiger partial charge >= 0.3 is 0 Å². The molecular weight excluding hydrogens is 347 g/mol. The maximum absolute atomic E-state index is 9.89. The van der Waals surface area contributed by atoms with Crippen LogP contribution >= 0.6 is 34.8 Å². The van der Waals surface area contributed by atoms with Crippen molar-refractivity contribution < 1.29 is 9.84 Å². The Balaban J connectivity index is 2.13. The smallest absolute Gasteiger partial charge is 0.128 e. The number of nitrogens with zero attached hydrogens (tertiary/aromatic N) is 1. The predicted octanol–water partition coefficient (Wildman–Crippen LogP) is 5.20. The molecule has 0 radical (unpaired) electrons. The second kappa shape index (κ2) is 7.58. The number of hydrogen-bond donors (Lipinski definition) is 2. The van der Waals surface area contributed by atoms with Crippen LogP contribution in [0, 0.1) is 0 Å². The minimum absolute atomic E-state index is 0.0600. The number of aromatic hydroxyl groups is 1. The van der Waals surface area contributed by atoms with Gasteiger partial charge in [0, 0.05) is 16.7 Å². The Hall–Kier alpha value is -1.62. The second-order valence-corrected chi connectivity index (χ2v) is 5.52. The van der Waals surface area contributed by atoms with Gasteiger partial charge in [-0.3, -0.25) is 5.43 Å². The lowest BCUT2D eigenvalue weighted by atomic mass is 10.2. The fourth-order valence-electron chi connectivity index (χ4n) is 1.70. The first-order chi connectivity index (χ1) is 10.5. The summed E-state index contributed by atoms with van der Waals surface area (Å²) in [5.74, 6) is 0.652. The van der Waals surface area contributed by atoms with Crippen LogP contribution in [0.2, 0.25) is 15.1 Å². The molecule has 2 aromatic rings. The number of anilines is 1. The van der Waals surface area contributed by atoms with Gasteiger partial charge in [0.25, 0.3) is 0 Å². The van der Waals surface area contributed by atoms with Crippen molar-refractivity contribution in [2.75, 3.05) is 12.0 Å². The zero-order valence-electron chi connectivity index (χ0n) is 11.6. The van der Waals surface area contributed by atoms with Crippen molar-refractivity contribution in [1.29, 1.82) is 0 Å². The van der Waals surface area contributed by atoms with Crippen LogP contribution in [0.4, 0.5) is 5.69 Å². The Labute approximate surface area is 143 Å². The minimum atomic E-state index is 0.0600. The summed E-state index contributed by atoms with van der Waals surface area (Å²) in [6.45, 7) is 2.40. The van der Waals surface area contributed by atoms with Crippen molar-refractivity contribution in [3.8, 4) is 11.5 Å². The summed E-state index contributed by atoms with van der Waals surface area (Å²) in [6, 6.07) is 8.07. The van der Waals surface area contributed by atoms with E-state index in [1.54, 1.807) is 24.3 Å². The number of halogens is 3. The molecule has 0 aliphatic rings. The zero-order valence-corrected chi connectivity index (χ0v) is 13.9. The molecule has 7 heteroatoms. The number of hydrogen-bond acceptors (Lipinski definition) is 4. The molecule has 0 aliphatic heterocycles. The fraction of sp³-hybridized carbons (Fsp3) is 0.133. The van der Waals surface area contributed by atoms with Crippen LogP contribution in [-0.2, 0) is 0 Å². The van der Waals surface area contributed by atoms with Crippen molar-refractivity contribution in [2.24, 2.45) is 5.10 Å². The van der Waals surface area contributed by atoms with Gasteiger partial charge in [-0.15, -0.1) is 0 Å². The van der Waals surface area contributed by atoms with Crippen LogP contribution in [0.25, 0.3) is 0 Å². The highest BCUT2D eigenvalue weighted by Crippen LogP contribution is 2.33. The molecule has 22 heavy (non-hydrogen) atoms. The van der Waals surface area contributed by atoms with E-state index in [9.17, 15) is 5.11 Å². The third kappa shape index (κ3) is 4.19. The zero-order chi connectivity index (χ0) is 16.1. The maximum Gasteiger partial charge on any atom is 0.128 e. The molecule has 0 saturated carbocycles. The van der Waals surface area contributed by atoms with Gasteiger partial charge in [-0.1, -0.05) is 34.8 Å². The van der Waals surface area contributed by atoms with Gasteiger partial charge in [0.1, 0.15) is 11.5 Å². The minimum Gasteiger partial charge on any atom is -0.507 e. The Morgan fingerprint density at radius 3 is 2.45 bits per heavy atom. The van der Waals surface area contributed by atoms with Crippen LogP contribution in [-0.4, -0.2) is 17.9 Å². The summed E-state index contributed by atoms with van der Waals surface area (Å²) < 4.78 is 5.29. The molecule has 0 aromatic heterocycles. The Kier molecular flexibility index (Phi) is 5.77. The maximum atomic E-state index is 9.89. The summed E-state index contributed by atoms with van der Waals surface area (Å²) in [4.78, 5) is 0. The monoisotopic (exact) mass is 358 g/mol. The highest BCUT2D eigenvalue weighted by Gasteiger charge is 2.07. The van der Waals surface area contributed by atoms with Crippen LogP contribution in [0.15, 0.2) is 35.4 Å². The van der Waals surface area contributed by atoms with Crippen molar-refractivity contribution in [3.63, 3.8) is 0 Å². The lowest BCUT2D eigenvalue weighted by Gasteiger charge is -2.07. The number of rotatable bonds is 5. The Bertz CT molecular complexity index is 682. The number of phenolic OH excluding ortho intramolecular Hbond substituents is 1. The molecular formula is C15H13Cl3N2O2. The molecule has 0 saturated heterocycles. The van der Waals surface area contributed by atoms with E-state index in [2.05, 4.69) is 10.5 Å². The van der Waals surface area contributed by atoms with Crippen LogP contribution in [0.3, 0.4) is 0 Å².